The first-order valence-corrected chi connectivity index (χ1v) is 4.29. The summed E-state index contributed by atoms with van der Waals surface area (Å²) in [5.41, 5.74) is 1.28. The van der Waals surface area contributed by atoms with Crippen molar-refractivity contribution in [2.75, 3.05) is 0 Å². The van der Waals surface area contributed by atoms with E-state index >= 15 is 0 Å². The zero-order chi connectivity index (χ0) is 9.26. The zero-order valence-electron chi connectivity index (χ0n) is 6.72. The Bertz CT molecular complexity index is 459. The molecular formula is C7H5N3O2S. The molecule has 0 unspecified atom stereocenters. The number of hydrogen-bond acceptors (Lipinski definition) is 6. The predicted molar refractivity (Wildman–Crippen MR) is 46.4 cm³/mol. The second-order valence-corrected chi connectivity index (χ2v) is 3.08. The second kappa shape index (κ2) is 3.06. The molecule has 0 aliphatic heterocycles. The minimum Gasteiger partial charge on any atom is -0.392 e. The highest BCUT2D eigenvalue weighted by molar-refractivity contribution is 7.02. The van der Waals surface area contributed by atoms with Crippen molar-refractivity contribution in [3.8, 4) is 11.6 Å². The van der Waals surface area contributed by atoms with Crippen LogP contribution in [0, 0.1) is 6.92 Å². The van der Waals surface area contributed by atoms with Crippen molar-refractivity contribution in [3.05, 3.63) is 27.8 Å². The number of nitrogens with zero attached hydrogens (tertiary/aromatic N) is 3. The van der Waals surface area contributed by atoms with Gasteiger partial charge in [-0.05, 0) is 6.92 Å². The van der Waals surface area contributed by atoms with Gasteiger partial charge in [0.25, 0.3) is 5.89 Å². The topological polar surface area (TPSA) is 68.9 Å². The molecule has 5 nitrogen and oxygen atoms in total. The Balaban J connectivity index is 2.47. The maximum atomic E-state index is 10.7. The molecule has 0 aliphatic rings. The van der Waals surface area contributed by atoms with E-state index < -0.39 is 4.94 Å². The molecule has 2 aromatic rings. The summed E-state index contributed by atoms with van der Waals surface area (Å²) in [6, 6.07) is 0. The van der Waals surface area contributed by atoms with Gasteiger partial charge in [-0.15, -0.1) is 4.37 Å². The molecule has 2 rings (SSSR count). The third-order valence-corrected chi connectivity index (χ3v) is 1.87. The van der Waals surface area contributed by atoms with Crippen LogP contribution in [-0.2, 0) is 0 Å². The Morgan fingerprint density at radius 2 is 2.23 bits per heavy atom. The molecule has 0 aromatic carbocycles. The van der Waals surface area contributed by atoms with Crippen molar-refractivity contribution < 1.29 is 4.42 Å². The van der Waals surface area contributed by atoms with Crippen LogP contribution >= 0.6 is 11.5 Å². The average Bonchev–Trinajstić information content (AvgIpc) is 2.53. The van der Waals surface area contributed by atoms with Crippen LogP contribution in [0.5, 0.6) is 0 Å². The summed E-state index contributed by atoms with van der Waals surface area (Å²) in [6.07, 6.45) is 3.11. The first kappa shape index (κ1) is 8.06. The summed E-state index contributed by atoms with van der Waals surface area (Å²) in [7, 11) is 0. The summed E-state index contributed by atoms with van der Waals surface area (Å²) in [6.45, 7) is 1.83. The van der Waals surface area contributed by atoms with Crippen LogP contribution in [0.4, 0.5) is 0 Å². The fourth-order valence-corrected chi connectivity index (χ4v) is 1.20. The Morgan fingerprint density at radius 1 is 1.38 bits per heavy atom. The quantitative estimate of drug-likeness (QED) is 0.675. The van der Waals surface area contributed by atoms with Crippen LogP contribution in [0.1, 0.15) is 5.69 Å². The van der Waals surface area contributed by atoms with Gasteiger partial charge in [-0.2, -0.15) is 0 Å². The van der Waals surface area contributed by atoms with E-state index in [2.05, 4.69) is 14.3 Å². The van der Waals surface area contributed by atoms with Crippen LogP contribution in [0.3, 0.4) is 0 Å². The molecule has 0 radical (unpaired) electrons. The van der Waals surface area contributed by atoms with Gasteiger partial charge < -0.3 is 4.42 Å². The lowest BCUT2D eigenvalue weighted by atomic mass is 10.4. The van der Waals surface area contributed by atoms with Gasteiger partial charge in [0.1, 0.15) is 5.69 Å². The summed E-state index contributed by atoms with van der Waals surface area (Å²) in [5, 5.41) is 0. The standard InChI is InChI=1S/C7H5N3O2S/c1-4-2-9-5(3-8-4)6-10-13-7(11)12-6/h2-3H,1H3. The monoisotopic (exact) mass is 195 g/mol. The second-order valence-electron chi connectivity index (χ2n) is 2.38. The SMILES string of the molecule is Cc1cnc(-c2nsc(=O)o2)cn1. The van der Waals surface area contributed by atoms with E-state index in [0.717, 1.165) is 17.2 Å². The summed E-state index contributed by atoms with van der Waals surface area (Å²) < 4.78 is 8.53. The van der Waals surface area contributed by atoms with Crippen LogP contribution in [-0.4, -0.2) is 14.3 Å². The lowest BCUT2D eigenvalue weighted by Gasteiger charge is -1.92. The van der Waals surface area contributed by atoms with Gasteiger partial charge in [-0.25, -0.2) is 9.78 Å². The molecule has 0 fully saturated rings. The average molecular weight is 195 g/mol. The molecule has 0 saturated carbocycles. The Kier molecular flexibility index (Phi) is 1.90. The van der Waals surface area contributed by atoms with E-state index in [9.17, 15) is 4.79 Å². The molecule has 0 aliphatic carbocycles. The van der Waals surface area contributed by atoms with Gasteiger partial charge in [0.05, 0.1) is 23.4 Å². The zero-order valence-corrected chi connectivity index (χ0v) is 7.54. The van der Waals surface area contributed by atoms with Crippen LogP contribution in [0.25, 0.3) is 11.6 Å². The molecule has 66 valence electrons. The molecule has 13 heavy (non-hydrogen) atoms. The van der Waals surface area contributed by atoms with Gasteiger partial charge >= 0.3 is 4.94 Å². The fourth-order valence-electron chi connectivity index (χ4n) is 0.797. The highest BCUT2D eigenvalue weighted by atomic mass is 32.1. The minimum absolute atomic E-state index is 0.225. The largest absolute Gasteiger partial charge is 0.414 e. The van der Waals surface area contributed by atoms with E-state index in [4.69, 9.17) is 4.42 Å². The third kappa shape index (κ3) is 1.62. The number of rotatable bonds is 1. The maximum Gasteiger partial charge on any atom is 0.414 e. The number of aromatic nitrogens is 3. The molecule has 2 heterocycles. The molecule has 2 aromatic heterocycles. The van der Waals surface area contributed by atoms with Gasteiger partial charge in [-0.3, -0.25) is 4.98 Å². The van der Waals surface area contributed by atoms with E-state index in [1.54, 1.807) is 6.20 Å². The van der Waals surface area contributed by atoms with E-state index in [1.165, 1.54) is 6.20 Å². The van der Waals surface area contributed by atoms with Crippen molar-refractivity contribution in [3.63, 3.8) is 0 Å². The Labute approximate surface area is 77.3 Å². The van der Waals surface area contributed by atoms with Crippen LogP contribution in [0.15, 0.2) is 21.6 Å². The predicted octanol–water partition coefficient (Wildman–Crippen LogP) is 0.862. The van der Waals surface area contributed by atoms with E-state index in [1.807, 2.05) is 6.92 Å². The van der Waals surface area contributed by atoms with Crippen molar-refractivity contribution in [2.24, 2.45) is 0 Å². The maximum absolute atomic E-state index is 10.7. The molecule has 0 atom stereocenters. The molecule has 0 N–H and O–H groups in total. The van der Waals surface area contributed by atoms with Gasteiger partial charge in [0.15, 0.2) is 0 Å². The van der Waals surface area contributed by atoms with Crippen molar-refractivity contribution in [1.29, 1.82) is 0 Å². The molecular weight excluding hydrogens is 190 g/mol. The summed E-state index contributed by atoms with van der Waals surface area (Å²) >= 11 is 0.763. The highest BCUT2D eigenvalue weighted by Gasteiger charge is 2.06. The summed E-state index contributed by atoms with van der Waals surface area (Å²) in [5.74, 6) is 0.225. The van der Waals surface area contributed by atoms with Crippen molar-refractivity contribution in [2.45, 2.75) is 6.92 Å². The van der Waals surface area contributed by atoms with Crippen LogP contribution in [0.2, 0.25) is 0 Å². The minimum atomic E-state index is -0.433. The first-order valence-electron chi connectivity index (χ1n) is 3.51. The van der Waals surface area contributed by atoms with Gasteiger partial charge in [0.2, 0.25) is 0 Å². The third-order valence-electron chi connectivity index (χ3n) is 1.38. The van der Waals surface area contributed by atoms with Crippen LogP contribution < -0.4 is 4.94 Å². The van der Waals surface area contributed by atoms with E-state index in [0.29, 0.717) is 5.69 Å². The van der Waals surface area contributed by atoms with Crippen molar-refractivity contribution in [1.82, 2.24) is 14.3 Å². The van der Waals surface area contributed by atoms with E-state index in [-0.39, 0.29) is 5.89 Å². The van der Waals surface area contributed by atoms with Gasteiger partial charge in [-0.1, -0.05) is 0 Å². The Morgan fingerprint density at radius 3 is 2.77 bits per heavy atom. The molecule has 0 amide bonds. The molecule has 0 spiro atoms. The molecule has 6 heteroatoms. The van der Waals surface area contributed by atoms with Gasteiger partial charge in [0, 0.05) is 6.20 Å². The summed E-state index contributed by atoms with van der Waals surface area (Å²) in [4.78, 5) is 18.3. The fraction of sp³-hybridized carbons (Fsp3) is 0.143. The lowest BCUT2D eigenvalue weighted by Crippen LogP contribution is -1.88. The Hall–Kier alpha value is -1.56. The number of aryl methyl sites for hydroxylation is 1. The molecule has 0 saturated heterocycles. The normalized spacial score (nSPS) is 10.2. The lowest BCUT2D eigenvalue weighted by molar-refractivity contribution is 0.540. The number of hydrogen-bond donors (Lipinski definition) is 0. The smallest absolute Gasteiger partial charge is 0.392 e. The first-order chi connectivity index (χ1) is 6.25. The highest BCUT2D eigenvalue weighted by Crippen LogP contribution is 2.11. The van der Waals surface area contributed by atoms with Crippen molar-refractivity contribution >= 4 is 11.5 Å². The molecule has 0 bridgehead atoms.